The van der Waals surface area contributed by atoms with E-state index in [4.69, 9.17) is 4.74 Å². The number of hydrogen-bond donors (Lipinski definition) is 2. The fourth-order valence-electron chi connectivity index (χ4n) is 3.21. The van der Waals surface area contributed by atoms with Crippen molar-refractivity contribution in [2.24, 2.45) is 0 Å². The minimum Gasteiger partial charge on any atom is -0.495 e. The van der Waals surface area contributed by atoms with E-state index >= 15 is 0 Å². The average molecular weight is 353 g/mol. The molecule has 2 aromatic rings. The maximum Gasteiger partial charge on any atom is 0.319 e. The molecule has 1 aliphatic heterocycles. The van der Waals surface area contributed by atoms with E-state index in [9.17, 15) is 9.59 Å². The number of ether oxygens (including phenoxy) is 1. The van der Waals surface area contributed by atoms with Gasteiger partial charge in [-0.2, -0.15) is 0 Å². The van der Waals surface area contributed by atoms with E-state index in [1.54, 1.807) is 19.2 Å². The molecular formula is C20H23N3O3. The standard InChI is InChI=1S/C20H23N3O3/c1-14(15-8-4-3-5-9-15)23-13-16(12-19(23)24)21-20(25)22-17-10-6-7-11-18(17)26-2/h3-11,14,16H,12-13H2,1-2H3,(H2,21,22,25). The largest absolute Gasteiger partial charge is 0.495 e. The van der Waals surface area contributed by atoms with Gasteiger partial charge in [0.1, 0.15) is 5.75 Å². The van der Waals surface area contributed by atoms with E-state index in [-0.39, 0.29) is 24.0 Å². The molecule has 0 aromatic heterocycles. The van der Waals surface area contributed by atoms with Gasteiger partial charge in [-0.1, -0.05) is 42.5 Å². The van der Waals surface area contributed by atoms with Gasteiger partial charge in [-0.25, -0.2) is 4.79 Å². The maximum atomic E-state index is 12.4. The van der Waals surface area contributed by atoms with Crippen LogP contribution in [0.2, 0.25) is 0 Å². The molecule has 26 heavy (non-hydrogen) atoms. The molecule has 2 unspecified atom stereocenters. The Morgan fingerprint density at radius 2 is 1.85 bits per heavy atom. The van der Waals surface area contributed by atoms with E-state index < -0.39 is 0 Å². The Bertz CT molecular complexity index is 779. The zero-order valence-electron chi connectivity index (χ0n) is 14.9. The van der Waals surface area contributed by atoms with E-state index in [1.807, 2.05) is 54.3 Å². The predicted octanol–water partition coefficient (Wildman–Crippen LogP) is 3.18. The summed E-state index contributed by atoms with van der Waals surface area (Å²) in [5.74, 6) is 0.633. The first kappa shape index (κ1) is 17.8. The summed E-state index contributed by atoms with van der Waals surface area (Å²) in [7, 11) is 1.55. The molecule has 6 heteroatoms. The maximum absolute atomic E-state index is 12.4. The molecule has 1 aliphatic rings. The quantitative estimate of drug-likeness (QED) is 0.867. The first-order chi connectivity index (χ1) is 12.6. The van der Waals surface area contributed by atoms with Crippen LogP contribution in [0.5, 0.6) is 5.75 Å². The molecule has 136 valence electrons. The molecule has 1 heterocycles. The van der Waals surface area contributed by atoms with Gasteiger partial charge in [0.15, 0.2) is 0 Å². The van der Waals surface area contributed by atoms with E-state index in [0.717, 1.165) is 5.56 Å². The van der Waals surface area contributed by atoms with Crippen LogP contribution in [0.25, 0.3) is 0 Å². The molecule has 3 amide bonds. The number of methoxy groups -OCH3 is 1. The van der Waals surface area contributed by atoms with Crippen LogP contribution in [0.1, 0.15) is 24.9 Å². The second-order valence-electron chi connectivity index (χ2n) is 6.33. The molecule has 6 nitrogen and oxygen atoms in total. The number of carbonyl (C=O) groups is 2. The number of para-hydroxylation sites is 2. The molecule has 0 saturated carbocycles. The summed E-state index contributed by atoms with van der Waals surface area (Å²) >= 11 is 0. The van der Waals surface area contributed by atoms with Crippen LogP contribution >= 0.6 is 0 Å². The third-order valence-electron chi connectivity index (χ3n) is 4.60. The highest BCUT2D eigenvalue weighted by Crippen LogP contribution is 2.26. The van der Waals surface area contributed by atoms with Crippen molar-refractivity contribution in [3.05, 3.63) is 60.2 Å². The van der Waals surface area contributed by atoms with Gasteiger partial charge in [0.2, 0.25) is 5.91 Å². The first-order valence-corrected chi connectivity index (χ1v) is 8.63. The van der Waals surface area contributed by atoms with Crippen molar-refractivity contribution < 1.29 is 14.3 Å². The Morgan fingerprint density at radius 3 is 2.58 bits per heavy atom. The lowest BCUT2D eigenvalue weighted by molar-refractivity contribution is -0.129. The van der Waals surface area contributed by atoms with Crippen LogP contribution in [0.3, 0.4) is 0 Å². The number of nitrogens with one attached hydrogen (secondary N) is 2. The number of nitrogens with zero attached hydrogens (tertiary/aromatic N) is 1. The highest BCUT2D eigenvalue weighted by molar-refractivity contribution is 5.92. The summed E-state index contributed by atoms with van der Waals surface area (Å²) in [6, 6.07) is 16.5. The number of urea groups is 1. The first-order valence-electron chi connectivity index (χ1n) is 8.63. The van der Waals surface area contributed by atoms with Crippen molar-refractivity contribution in [3.63, 3.8) is 0 Å². The minimum absolute atomic E-state index is 0.0206. The third-order valence-corrected chi connectivity index (χ3v) is 4.60. The highest BCUT2D eigenvalue weighted by Gasteiger charge is 2.34. The fourth-order valence-corrected chi connectivity index (χ4v) is 3.21. The number of rotatable bonds is 5. The molecule has 0 aliphatic carbocycles. The average Bonchev–Trinajstić information content (AvgIpc) is 3.02. The summed E-state index contributed by atoms with van der Waals surface area (Å²) in [6.07, 6.45) is 0.302. The molecular weight excluding hydrogens is 330 g/mol. The Morgan fingerprint density at radius 1 is 1.15 bits per heavy atom. The minimum atomic E-state index is -0.346. The topological polar surface area (TPSA) is 70.7 Å². The van der Waals surface area contributed by atoms with Gasteiger partial charge in [0.05, 0.1) is 24.9 Å². The second-order valence-corrected chi connectivity index (χ2v) is 6.33. The van der Waals surface area contributed by atoms with E-state index in [1.165, 1.54) is 0 Å². The van der Waals surface area contributed by atoms with Crippen molar-refractivity contribution in [1.82, 2.24) is 10.2 Å². The van der Waals surface area contributed by atoms with Gasteiger partial charge in [0.25, 0.3) is 0 Å². The molecule has 3 rings (SSSR count). The van der Waals surface area contributed by atoms with Crippen LogP contribution < -0.4 is 15.4 Å². The Balaban J connectivity index is 1.59. The number of likely N-dealkylation sites (tertiary alicyclic amines) is 1. The third kappa shape index (κ3) is 3.96. The summed E-state index contributed by atoms with van der Waals surface area (Å²) in [5, 5.41) is 5.65. The van der Waals surface area contributed by atoms with Crippen molar-refractivity contribution >= 4 is 17.6 Å². The zero-order valence-corrected chi connectivity index (χ0v) is 14.9. The van der Waals surface area contributed by atoms with Gasteiger partial charge in [-0.15, -0.1) is 0 Å². The summed E-state index contributed by atoms with van der Waals surface area (Å²) in [5.41, 5.74) is 1.67. The fraction of sp³-hybridized carbons (Fsp3) is 0.300. The summed E-state index contributed by atoms with van der Waals surface area (Å²) in [6.45, 7) is 2.50. The molecule has 0 spiro atoms. The number of anilines is 1. The Hall–Kier alpha value is -3.02. The lowest BCUT2D eigenvalue weighted by Gasteiger charge is -2.25. The molecule has 0 radical (unpaired) electrons. The van der Waals surface area contributed by atoms with Crippen molar-refractivity contribution in [1.29, 1.82) is 0 Å². The SMILES string of the molecule is COc1ccccc1NC(=O)NC1CC(=O)N(C(C)c2ccccc2)C1. The molecule has 1 saturated heterocycles. The molecule has 2 N–H and O–H groups in total. The molecule has 2 atom stereocenters. The van der Waals surface area contributed by atoms with Crippen molar-refractivity contribution in [2.45, 2.75) is 25.4 Å². The second kappa shape index (κ2) is 7.91. The predicted molar refractivity (Wildman–Crippen MR) is 100 cm³/mol. The van der Waals surface area contributed by atoms with Crippen LogP contribution in [-0.2, 0) is 4.79 Å². The molecule has 1 fully saturated rings. The van der Waals surface area contributed by atoms with Gasteiger partial charge in [-0.3, -0.25) is 4.79 Å². The van der Waals surface area contributed by atoms with Crippen molar-refractivity contribution in [2.75, 3.05) is 19.0 Å². The number of hydrogen-bond acceptors (Lipinski definition) is 3. The zero-order chi connectivity index (χ0) is 18.5. The van der Waals surface area contributed by atoms with Crippen molar-refractivity contribution in [3.8, 4) is 5.75 Å². The molecule has 2 aromatic carbocycles. The van der Waals surface area contributed by atoms with Crippen LogP contribution in [0.15, 0.2) is 54.6 Å². The number of benzene rings is 2. The van der Waals surface area contributed by atoms with Gasteiger partial charge in [0, 0.05) is 13.0 Å². The Labute approximate surface area is 153 Å². The Kier molecular flexibility index (Phi) is 5.41. The smallest absolute Gasteiger partial charge is 0.319 e. The van der Waals surface area contributed by atoms with Crippen LogP contribution in [0.4, 0.5) is 10.5 Å². The normalized spacial score (nSPS) is 17.7. The van der Waals surface area contributed by atoms with Gasteiger partial charge in [-0.05, 0) is 24.6 Å². The van der Waals surface area contributed by atoms with Gasteiger partial charge < -0.3 is 20.3 Å². The van der Waals surface area contributed by atoms with Crippen LogP contribution in [-0.4, -0.2) is 36.5 Å². The number of amides is 3. The molecule has 0 bridgehead atoms. The van der Waals surface area contributed by atoms with E-state index in [0.29, 0.717) is 24.4 Å². The lowest BCUT2D eigenvalue weighted by atomic mass is 10.1. The van der Waals surface area contributed by atoms with Gasteiger partial charge >= 0.3 is 6.03 Å². The lowest BCUT2D eigenvalue weighted by Crippen LogP contribution is -2.40. The van der Waals surface area contributed by atoms with E-state index in [2.05, 4.69) is 10.6 Å². The monoisotopic (exact) mass is 353 g/mol. The van der Waals surface area contributed by atoms with Crippen LogP contribution in [0, 0.1) is 0 Å². The summed E-state index contributed by atoms with van der Waals surface area (Å²) < 4.78 is 5.23. The number of carbonyl (C=O) groups excluding carboxylic acids is 2. The highest BCUT2D eigenvalue weighted by atomic mass is 16.5. The summed E-state index contributed by atoms with van der Waals surface area (Å²) in [4.78, 5) is 26.5.